The molecule has 25 heavy (non-hydrogen) atoms. The van der Waals surface area contributed by atoms with Crippen molar-refractivity contribution in [3.05, 3.63) is 75.1 Å². The van der Waals surface area contributed by atoms with Gasteiger partial charge in [0.05, 0.1) is 4.91 Å². The van der Waals surface area contributed by atoms with Crippen LogP contribution in [-0.4, -0.2) is 21.1 Å². The summed E-state index contributed by atoms with van der Waals surface area (Å²) in [6, 6.07) is 14.1. The SMILES string of the molecule is Cc1ccccc1/C=C1/SC(=S)N(NC(=O)c2ccc(Cl)cc2)C1=O. The number of amides is 2. The summed E-state index contributed by atoms with van der Waals surface area (Å²) in [7, 11) is 0. The molecule has 4 nitrogen and oxygen atoms in total. The van der Waals surface area contributed by atoms with Gasteiger partial charge in [0.15, 0.2) is 4.32 Å². The van der Waals surface area contributed by atoms with Crippen LogP contribution in [-0.2, 0) is 4.79 Å². The highest BCUT2D eigenvalue weighted by atomic mass is 35.5. The van der Waals surface area contributed by atoms with E-state index in [0.29, 0.717) is 15.5 Å². The molecular weight excluding hydrogens is 376 g/mol. The second-order valence-electron chi connectivity index (χ2n) is 5.32. The molecule has 0 atom stereocenters. The Kier molecular flexibility index (Phi) is 5.22. The summed E-state index contributed by atoms with van der Waals surface area (Å²) in [6.45, 7) is 1.97. The Morgan fingerprint density at radius 1 is 1.20 bits per heavy atom. The molecule has 1 heterocycles. The molecule has 7 heteroatoms. The Morgan fingerprint density at radius 3 is 2.56 bits per heavy atom. The predicted octanol–water partition coefficient (Wildman–Crippen LogP) is 4.19. The number of hydrazine groups is 1. The quantitative estimate of drug-likeness (QED) is 0.632. The van der Waals surface area contributed by atoms with Crippen LogP contribution in [0, 0.1) is 6.92 Å². The summed E-state index contributed by atoms with van der Waals surface area (Å²) in [5, 5.41) is 1.63. The summed E-state index contributed by atoms with van der Waals surface area (Å²) in [6.07, 6.45) is 1.78. The number of aryl methyl sites for hydroxylation is 1. The van der Waals surface area contributed by atoms with Gasteiger partial charge in [-0.25, -0.2) is 0 Å². The van der Waals surface area contributed by atoms with Crippen LogP contribution >= 0.6 is 35.6 Å². The maximum atomic E-state index is 12.6. The van der Waals surface area contributed by atoms with Gasteiger partial charge in [0.1, 0.15) is 0 Å². The lowest BCUT2D eigenvalue weighted by atomic mass is 10.1. The van der Waals surface area contributed by atoms with Crippen molar-refractivity contribution < 1.29 is 9.59 Å². The second-order valence-corrected chi connectivity index (χ2v) is 7.43. The Morgan fingerprint density at radius 2 is 1.88 bits per heavy atom. The van der Waals surface area contributed by atoms with Gasteiger partial charge >= 0.3 is 0 Å². The molecule has 1 fully saturated rings. The van der Waals surface area contributed by atoms with Crippen LogP contribution in [0.4, 0.5) is 0 Å². The number of thioether (sulfide) groups is 1. The van der Waals surface area contributed by atoms with E-state index >= 15 is 0 Å². The third-order valence-electron chi connectivity index (χ3n) is 3.59. The number of rotatable bonds is 3. The zero-order valence-corrected chi connectivity index (χ0v) is 15.5. The smallest absolute Gasteiger partial charge is 0.267 e. The minimum absolute atomic E-state index is 0.284. The van der Waals surface area contributed by atoms with E-state index in [1.807, 2.05) is 31.2 Å². The van der Waals surface area contributed by atoms with Crippen molar-refractivity contribution in [2.24, 2.45) is 0 Å². The molecule has 2 amide bonds. The number of carbonyl (C=O) groups is 2. The number of benzene rings is 2. The maximum Gasteiger partial charge on any atom is 0.285 e. The van der Waals surface area contributed by atoms with Gasteiger partial charge in [-0.2, -0.15) is 5.01 Å². The zero-order chi connectivity index (χ0) is 18.0. The van der Waals surface area contributed by atoms with Crippen LogP contribution in [0.3, 0.4) is 0 Å². The van der Waals surface area contributed by atoms with Crippen LogP contribution < -0.4 is 5.43 Å². The highest BCUT2D eigenvalue weighted by Crippen LogP contribution is 2.32. The first-order valence-electron chi connectivity index (χ1n) is 7.36. The molecule has 0 unspecified atom stereocenters. The molecule has 126 valence electrons. The predicted molar refractivity (Wildman–Crippen MR) is 105 cm³/mol. The van der Waals surface area contributed by atoms with E-state index in [-0.39, 0.29) is 10.2 Å². The van der Waals surface area contributed by atoms with Crippen molar-refractivity contribution >= 4 is 57.8 Å². The molecule has 2 aromatic rings. The summed E-state index contributed by atoms with van der Waals surface area (Å²) in [5.41, 5.74) is 4.92. The van der Waals surface area contributed by atoms with Crippen molar-refractivity contribution in [3.63, 3.8) is 0 Å². The van der Waals surface area contributed by atoms with Crippen molar-refractivity contribution in [3.8, 4) is 0 Å². The third-order valence-corrected chi connectivity index (χ3v) is 5.14. The van der Waals surface area contributed by atoms with Crippen molar-refractivity contribution in [2.45, 2.75) is 6.92 Å². The number of hydrogen-bond donors (Lipinski definition) is 1. The average Bonchev–Trinajstić information content (AvgIpc) is 2.85. The van der Waals surface area contributed by atoms with Crippen LogP contribution in [0.1, 0.15) is 21.5 Å². The minimum atomic E-state index is -0.426. The fraction of sp³-hybridized carbons (Fsp3) is 0.0556. The molecule has 0 radical (unpaired) electrons. The van der Waals surface area contributed by atoms with E-state index in [2.05, 4.69) is 5.43 Å². The number of carbonyl (C=O) groups excluding carboxylic acids is 2. The molecule has 1 aliphatic heterocycles. The Balaban J connectivity index is 1.79. The molecular formula is C18H13ClN2O2S2. The lowest BCUT2D eigenvalue weighted by Gasteiger charge is -2.15. The number of thiocarbonyl (C=S) groups is 1. The molecule has 0 spiro atoms. The monoisotopic (exact) mass is 388 g/mol. The van der Waals surface area contributed by atoms with Gasteiger partial charge < -0.3 is 0 Å². The Bertz CT molecular complexity index is 894. The molecule has 3 rings (SSSR count). The van der Waals surface area contributed by atoms with Gasteiger partial charge in [0, 0.05) is 10.6 Å². The van der Waals surface area contributed by atoms with Crippen molar-refractivity contribution in [1.29, 1.82) is 0 Å². The van der Waals surface area contributed by atoms with E-state index in [1.165, 1.54) is 0 Å². The highest BCUT2D eigenvalue weighted by Gasteiger charge is 2.33. The van der Waals surface area contributed by atoms with E-state index in [9.17, 15) is 9.59 Å². The normalized spacial score (nSPS) is 15.8. The fourth-order valence-electron chi connectivity index (χ4n) is 2.22. The first kappa shape index (κ1) is 17.7. The lowest BCUT2D eigenvalue weighted by molar-refractivity contribution is -0.123. The van der Waals surface area contributed by atoms with E-state index in [0.717, 1.165) is 27.9 Å². The average molecular weight is 389 g/mol. The largest absolute Gasteiger partial charge is 0.285 e. The molecule has 1 saturated heterocycles. The van der Waals surface area contributed by atoms with E-state index < -0.39 is 5.91 Å². The first-order valence-corrected chi connectivity index (χ1v) is 8.96. The topological polar surface area (TPSA) is 49.4 Å². The lowest BCUT2D eigenvalue weighted by Crippen LogP contribution is -2.44. The third kappa shape index (κ3) is 3.92. The van der Waals surface area contributed by atoms with Gasteiger partial charge in [-0.1, -0.05) is 47.6 Å². The maximum absolute atomic E-state index is 12.6. The Labute approximate surface area is 159 Å². The fourth-order valence-corrected chi connectivity index (χ4v) is 3.52. The summed E-state index contributed by atoms with van der Waals surface area (Å²) >= 11 is 12.2. The number of halogens is 1. The van der Waals surface area contributed by atoms with E-state index in [4.69, 9.17) is 23.8 Å². The molecule has 1 N–H and O–H groups in total. The van der Waals surface area contributed by atoms with E-state index in [1.54, 1.807) is 30.3 Å². The van der Waals surface area contributed by atoms with Crippen LogP contribution in [0.5, 0.6) is 0 Å². The number of hydrogen-bond acceptors (Lipinski definition) is 4. The summed E-state index contributed by atoms with van der Waals surface area (Å²) < 4.78 is 0.284. The van der Waals surface area contributed by atoms with Crippen LogP contribution in [0.15, 0.2) is 53.4 Å². The molecule has 0 bridgehead atoms. The molecule has 0 saturated carbocycles. The standard InChI is InChI=1S/C18H13ClN2O2S2/c1-11-4-2-3-5-13(11)10-15-17(23)21(18(24)25-15)20-16(22)12-6-8-14(19)9-7-12/h2-10H,1H3,(H,20,22)/b15-10+. The van der Waals surface area contributed by atoms with Gasteiger partial charge in [-0.05, 0) is 60.6 Å². The molecule has 2 aromatic carbocycles. The van der Waals surface area contributed by atoms with Gasteiger partial charge in [0.25, 0.3) is 11.8 Å². The summed E-state index contributed by atoms with van der Waals surface area (Å²) in [5.74, 6) is -0.773. The van der Waals surface area contributed by atoms with Crippen LogP contribution in [0.2, 0.25) is 5.02 Å². The minimum Gasteiger partial charge on any atom is -0.267 e. The second kappa shape index (κ2) is 7.39. The highest BCUT2D eigenvalue weighted by molar-refractivity contribution is 8.26. The molecule has 0 aliphatic carbocycles. The van der Waals surface area contributed by atoms with Crippen molar-refractivity contribution in [1.82, 2.24) is 10.4 Å². The number of nitrogens with zero attached hydrogens (tertiary/aromatic N) is 1. The van der Waals surface area contributed by atoms with Crippen LogP contribution in [0.25, 0.3) is 6.08 Å². The molecule has 0 aromatic heterocycles. The molecule has 1 aliphatic rings. The summed E-state index contributed by atoms with van der Waals surface area (Å²) in [4.78, 5) is 25.3. The van der Waals surface area contributed by atoms with Gasteiger partial charge in [0.2, 0.25) is 0 Å². The number of nitrogens with one attached hydrogen (secondary N) is 1. The van der Waals surface area contributed by atoms with Crippen molar-refractivity contribution in [2.75, 3.05) is 0 Å². The van der Waals surface area contributed by atoms with Gasteiger partial charge in [-0.3, -0.25) is 15.0 Å². The Hall–Kier alpha value is -2.15. The van der Waals surface area contributed by atoms with Gasteiger partial charge in [-0.15, -0.1) is 0 Å². The zero-order valence-electron chi connectivity index (χ0n) is 13.2. The first-order chi connectivity index (χ1) is 12.0.